The van der Waals surface area contributed by atoms with Crippen LogP contribution in [0.5, 0.6) is 0 Å². The number of β-amino-alcohol motifs (C(OH)–C–C–N with tert-alkyl or cyclic N) is 1. The van der Waals surface area contributed by atoms with Gasteiger partial charge in [-0.05, 0) is 19.3 Å². The van der Waals surface area contributed by atoms with Gasteiger partial charge in [0.05, 0.1) is 17.9 Å². The second-order valence-electron chi connectivity index (χ2n) is 4.72. The summed E-state index contributed by atoms with van der Waals surface area (Å²) in [7, 11) is 0. The first-order valence-electron chi connectivity index (χ1n) is 5.94. The van der Waals surface area contributed by atoms with Gasteiger partial charge in [0.2, 0.25) is 5.91 Å². The Morgan fingerprint density at radius 2 is 1.82 bits per heavy atom. The Kier molecular flexibility index (Phi) is 3.47. The maximum Gasteiger partial charge on any atom is 0.307 e. The third-order valence-corrected chi connectivity index (χ3v) is 3.54. The predicted octanol–water partition coefficient (Wildman–Crippen LogP) is 0.247. The zero-order valence-corrected chi connectivity index (χ0v) is 9.58. The molecule has 1 fully saturated rings. The number of allylic oxidation sites excluding steroid dienone is 2. The Hall–Kier alpha value is -1.36. The van der Waals surface area contributed by atoms with Crippen LogP contribution in [-0.4, -0.2) is 46.2 Å². The zero-order valence-electron chi connectivity index (χ0n) is 9.58. The molecule has 2 aliphatic rings. The molecule has 1 amide bonds. The van der Waals surface area contributed by atoms with E-state index in [1.165, 1.54) is 0 Å². The smallest absolute Gasteiger partial charge is 0.307 e. The molecular formula is C12H17NO4. The molecule has 0 unspecified atom stereocenters. The lowest BCUT2D eigenvalue weighted by Gasteiger charge is -2.28. The summed E-state index contributed by atoms with van der Waals surface area (Å²) in [5.41, 5.74) is 0. The van der Waals surface area contributed by atoms with Crippen molar-refractivity contribution in [1.29, 1.82) is 0 Å². The minimum absolute atomic E-state index is 0.127. The molecule has 0 saturated carbocycles. The second kappa shape index (κ2) is 4.87. The molecule has 2 N–H and O–H groups in total. The average Bonchev–Trinajstić information content (AvgIpc) is 2.75. The third-order valence-electron chi connectivity index (χ3n) is 3.54. The van der Waals surface area contributed by atoms with Crippen LogP contribution >= 0.6 is 0 Å². The molecule has 1 aliphatic carbocycles. The van der Waals surface area contributed by atoms with E-state index in [-0.39, 0.29) is 5.91 Å². The lowest BCUT2D eigenvalue weighted by Crippen LogP contribution is -2.41. The van der Waals surface area contributed by atoms with Crippen LogP contribution in [0.4, 0.5) is 0 Å². The Bertz CT molecular complexity index is 352. The molecule has 17 heavy (non-hydrogen) atoms. The highest BCUT2D eigenvalue weighted by Gasteiger charge is 2.38. The highest BCUT2D eigenvalue weighted by Crippen LogP contribution is 2.28. The first-order valence-corrected chi connectivity index (χ1v) is 5.94. The van der Waals surface area contributed by atoms with Crippen molar-refractivity contribution < 1.29 is 19.8 Å². The van der Waals surface area contributed by atoms with E-state index in [4.69, 9.17) is 5.11 Å². The monoisotopic (exact) mass is 239 g/mol. The largest absolute Gasteiger partial charge is 0.481 e. The van der Waals surface area contributed by atoms with Gasteiger partial charge in [-0.3, -0.25) is 9.59 Å². The van der Waals surface area contributed by atoms with Gasteiger partial charge in [-0.15, -0.1) is 0 Å². The normalized spacial score (nSPS) is 32.8. The molecule has 0 radical (unpaired) electrons. The van der Waals surface area contributed by atoms with Crippen molar-refractivity contribution in [2.24, 2.45) is 11.8 Å². The standard InChI is InChI=1S/C12H17NO4/c14-8-5-6-13(7-8)11(15)9-3-1-2-4-10(9)12(16)17/h1-2,8-10,14H,3-7H2,(H,16,17)/t8-,9+,10-/m0/s1. The number of aliphatic carboxylic acids is 1. The van der Waals surface area contributed by atoms with Crippen molar-refractivity contribution in [3.05, 3.63) is 12.2 Å². The quantitative estimate of drug-likeness (QED) is 0.677. The van der Waals surface area contributed by atoms with Gasteiger partial charge >= 0.3 is 5.97 Å². The van der Waals surface area contributed by atoms with Gasteiger partial charge in [-0.25, -0.2) is 0 Å². The van der Waals surface area contributed by atoms with Gasteiger partial charge in [0, 0.05) is 13.1 Å². The first kappa shape index (κ1) is 12.1. The van der Waals surface area contributed by atoms with E-state index in [0.29, 0.717) is 32.4 Å². The van der Waals surface area contributed by atoms with Crippen LogP contribution in [0.15, 0.2) is 12.2 Å². The van der Waals surface area contributed by atoms with Crippen molar-refractivity contribution >= 4 is 11.9 Å². The number of hydrogen-bond donors (Lipinski definition) is 2. The Morgan fingerprint density at radius 3 is 2.35 bits per heavy atom. The first-order chi connectivity index (χ1) is 8.09. The number of carbonyl (C=O) groups excluding carboxylic acids is 1. The van der Waals surface area contributed by atoms with Crippen molar-refractivity contribution in [3.63, 3.8) is 0 Å². The molecule has 5 nitrogen and oxygen atoms in total. The van der Waals surface area contributed by atoms with E-state index >= 15 is 0 Å². The molecule has 1 aliphatic heterocycles. The van der Waals surface area contributed by atoms with E-state index in [0.717, 1.165) is 0 Å². The van der Waals surface area contributed by atoms with Gasteiger partial charge in [-0.2, -0.15) is 0 Å². The van der Waals surface area contributed by atoms with Gasteiger partial charge in [-0.1, -0.05) is 12.2 Å². The summed E-state index contributed by atoms with van der Waals surface area (Å²) < 4.78 is 0. The van der Waals surface area contributed by atoms with Crippen molar-refractivity contribution in [2.75, 3.05) is 13.1 Å². The molecule has 0 aromatic carbocycles. The number of nitrogens with zero attached hydrogens (tertiary/aromatic N) is 1. The number of carbonyl (C=O) groups is 2. The molecule has 2 rings (SSSR count). The van der Waals surface area contributed by atoms with Crippen molar-refractivity contribution in [3.8, 4) is 0 Å². The van der Waals surface area contributed by atoms with E-state index in [9.17, 15) is 14.7 Å². The van der Waals surface area contributed by atoms with Crippen molar-refractivity contribution in [2.45, 2.75) is 25.4 Å². The fraction of sp³-hybridized carbons (Fsp3) is 0.667. The lowest BCUT2D eigenvalue weighted by molar-refractivity contribution is -0.150. The van der Waals surface area contributed by atoms with E-state index in [1.54, 1.807) is 4.90 Å². The number of rotatable bonds is 2. The Morgan fingerprint density at radius 1 is 1.18 bits per heavy atom. The number of likely N-dealkylation sites (tertiary alicyclic amines) is 1. The maximum atomic E-state index is 12.2. The molecular weight excluding hydrogens is 222 g/mol. The summed E-state index contributed by atoms with van der Waals surface area (Å²) in [5.74, 6) is -2.13. The minimum Gasteiger partial charge on any atom is -0.481 e. The molecule has 5 heteroatoms. The van der Waals surface area contributed by atoms with Gasteiger partial charge in [0.1, 0.15) is 0 Å². The number of carboxylic acid groups (broad SMARTS) is 1. The van der Waals surface area contributed by atoms with Crippen LogP contribution < -0.4 is 0 Å². The summed E-state index contributed by atoms with van der Waals surface area (Å²) in [6.45, 7) is 0.873. The molecule has 0 aromatic heterocycles. The highest BCUT2D eigenvalue weighted by molar-refractivity contribution is 5.85. The van der Waals surface area contributed by atoms with Gasteiger partial charge in [0.25, 0.3) is 0 Å². The van der Waals surface area contributed by atoms with Gasteiger partial charge in [0.15, 0.2) is 0 Å². The van der Waals surface area contributed by atoms with Gasteiger partial charge < -0.3 is 15.1 Å². The molecule has 94 valence electrons. The maximum absolute atomic E-state index is 12.2. The molecule has 0 aromatic rings. The molecule has 3 atom stereocenters. The van der Waals surface area contributed by atoms with E-state index in [1.807, 2.05) is 12.2 Å². The predicted molar refractivity (Wildman–Crippen MR) is 60.2 cm³/mol. The molecule has 1 heterocycles. The number of carboxylic acids is 1. The summed E-state index contributed by atoms with van der Waals surface area (Å²) in [5, 5.41) is 18.5. The van der Waals surface area contributed by atoms with Crippen LogP contribution in [0.1, 0.15) is 19.3 Å². The summed E-state index contributed by atoms with van der Waals surface area (Å²) in [6, 6.07) is 0. The van der Waals surface area contributed by atoms with E-state index < -0.39 is 23.9 Å². The molecule has 0 spiro atoms. The van der Waals surface area contributed by atoms with Crippen LogP contribution in [0.3, 0.4) is 0 Å². The SMILES string of the molecule is O=C(O)[C@H]1CC=CC[C@H]1C(=O)N1CC[C@H](O)C1. The minimum atomic E-state index is -0.910. The summed E-state index contributed by atoms with van der Waals surface area (Å²) >= 11 is 0. The summed E-state index contributed by atoms with van der Waals surface area (Å²) in [6.07, 6.45) is 4.73. The van der Waals surface area contributed by atoms with Crippen LogP contribution in [0.2, 0.25) is 0 Å². The number of aliphatic hydroxyl groups is 1. The Balaban J connectivity index is 2.07. The lowest BCUT2D eigenvalue weighted by atomic mass is 9.82. The third kappa shape index (κ3) is 2.49. The van der Waals surface area contributed by atoms with Crippen LogP contribution in [-0.2, 0) is 9.59 Å². The fourth-order valence-electron chi connectivity index (χ4n) is 2.54. The Labute approximate surface area is 99.7 Å². The van der Waals surface area contributed by atoms with E-state index in [2.05, 4.69) is 0 Å². The average molecular weight is 239 g/mol. The highest BCUT2D eigenvalue weighted by atomic mass is 16.4. The zero-order chi connectivity index (χ0) is 12.4. The topological polar surface area (TPSA) is 77.8 Å². The molecule has 1 saturated heterocycles. The summed E-state index contributed by atoms with van der Waals surface area (Å²) in [4.78, 5) is 24.9. The van der Waals surface area contributed by atoms with Crippen LogP contribution in [0, 0.1) is 11.8 Å². The van der Waals surface area contributed by atoms with Crippen molar-refractivity contribution in [1.82, 2.24) is 4.90 Å². The molecule has 0 bridgehead atoms. The number of amides is 1. The number of hydrogen-bond acceptors (Lipinski definition) is 3. The fourth-order valence-corrected chi connectivity index (χ4v) is 2.54. The second-order valence-corrected chi connectivity index (χ2v) is 4.72. The number of aliphatic hydroxyl groups excluding tert-OH is 1. The van der Waals surface area contributed by atoms with Crippen LogP contribution in [0.25, 0.3) is 0 Å².